The highest BCUT2D eigenvalue weighted by atomic mass is 16.5. The molecule has 0 saturated heterocycles. The molecular weight excluding hydrogens is 258 g/mol. The van der Waals surface area contributed by atoms with E-state index in [0.29, 0.717) is 12.1 Å². The predicted molar refractivity (Wildman–Crippen MR) is 92.0 cm³/mol. The Bertz CT molecular complexity index is 360. The molecule has 0 aliphatic rings. The third-order valence-corrected chi connectivity index (χ3v) is 4.15. The summed E-state index contributed by atoms with van der Waals surface area (Å²) in [5.74, 6) is 0.928. The zero-order chi connectivity index (χ0) is 15.5. The van der Waals surface area contributed by atoms with Crippen LogP contribution in [0.25, 0.3) is 0 Å². The van der Waals surface area contributed by atoms with Gasteiger partial charge in [-0.1, -0.05) is 58.1 Å². The molecule has 2 atom stereocenters. The van der Waals surface area contributed by atoms with Crippen molar-refractivity contribution in [2.45, 2.75) is 77.8 Å². The molecule has 1 rings (SSSR count). The molecule has 1 aromatic carbocycles. The van der Waals surface area contributed by atoms with Crippen molar-refractivity contribution in [2.24, 2.45) is 0 Å². The fraction of sp³-hybridized carbons (Fsp3) is 0.684. The van der Waals surface area contributed by atoms with Crippen LogP contribution in [0.3, 0.4) is 0 Å². The van der Waals surface area contributed by atoms with Gasteiger partial charge in [0.1, 0.15) is 5.75 Å². The minimum atomic E-state index is 0.446. The van der Waals surface area contributed by atoms with Crippen molar-refractivity contribution in [1.82, 2.24) is 5.32 Å². The van der Waals surface area contributed by atoms with Crippen LogP contribution in [0.2, 0.25) is 0 Å². The standard InChI is InChI=1S/C19H33NO/c1-5-7-8-9-10-11-16(3)20-19(6-2)17-12-14-18(21-4)15-13-17/h12-16,19-20H,5-11H2,1-4H3. The van der Waals surface area contributed by atoms with Crippen LogP contribution in [0, 0.1) is 0 Å². The van der Waals surface area contributed by atoms with Gasteiger partial charge in [0.15, 0.2) is 0 Å². The second kappa shape index (κ2) is 10.7. The van der Waals surface area contributed by atoms with Crippen LogP contribution in [-0.2, 0) is 0 Å². The molecule has 2 heteroatoms. The largest absolute Gasteiger partial charge is 0.497 e. The maximum Gasteiger partial charge on any atom is 0.118 e. The van der Waals surface area contributed by atoms with Gasteiger partial charge in [-0.05, 0) is 37.5 Å². The van der Waals surface area contributed by atoms with Crippen molar-refractivity contribution in [3.8, 4) is 5.75 Å². The lowest BCUT2D eigenvalue weighted by atomic mass is 10.0. The van der Waals surface area contributed by atoms with E-state index in [1.54, 1.807) is 7.11 Å². The lowest BCUT2D eigenvalue weighted by molar-refractivity contribution is 0.407. The third-order valence-electron chi connectivity index (χ3n) is 4.15. The first-order chi connectivity index (χ1) is 10.2. The van der Waals surface area contributed by atoms with Crippen LogP contribution in [0.1, 0.15) is 77.3 Å². The van der Waals surface area contributed by atoms with E-state index in [4.69, 9.17) is 4.74 Å². The van der Waals surface area contributed by atoms with Crippen molar-refractivity contribution in [3.05, 3.63) is 29.8 Å². The Morgan fingerprint density at radius 2 is 1.67 bits per heavy atom. The lowest BCUT2D eigenvalue weighted by Gasteiger charge is -2.23. The van der Waals surface area contributed by atoms with Gasteiger partial charge in [0, 0.05) is 12.1 Å². The minimum absolute atomic E-state index is 0.446. The molecule has 0 saturated carbocycles. The fourth-order valence-corrected chi connectivity index (χ4v) is 2.77. The van der Waals surface area contributed by atoms with Crippen LogP contribution in [0.4, 0.5) is 0 Å². The SMILES string of the molecule is CCCCCCCC(C)NC(CC)c1ccc(OC)cc1. The maximum absolute atomic E-state index is 5.23. The monoisotopic (exact) mass is 291 g/mol. The Morgan fingerprint density at radius 3 is 2.24 bits per heavy atom. The van der Waals surface area contributed by atoms with Gasteiger partial charge in [-0.3, -0.25) is 0 Å². The van der Waals surface area contributed by atoms with Gasteiger partial charge in [-0.2, -0.15) is 0 Å². The van der Waals surface area contributed by atoms with Crippen LogP contribution < -0.4 is 10.1 Å². The molecule has 0 radical (unpaired) electrons. The van der Waals surface area contributed by atoms with Crippen LogP contribution in [-0.4, -0.2) is 13.2 Å². The van der Waals surface area contributed by atoms with E-state index < -0.39 is 0 Å². The first kappa shape index (κ1) is 18.0. The van der Waals surface area contributed by atoms with Gasteiger partial charge in [-0.25, -0.2) is 0 Å². The van der Waals surface area contributed by atoms with Gasteiger partial charge >= 0.3 is 0 Å². The summed E-state index contributed by atoms with van der Waals surface area (Å²) in [6.07, 6.45) is 9.20. The zero-order valence-electron chi connectivity index (χ0n) is 14.3. The molecular formula is C19H33NO. The maximum atomic E-state index is 5.23. The van der Waals surface area contributed by atoms with E-state index >= 15 is 0 Å². The summed E-state index contributed by atoms with van der Waals surface area (Å²) in [5.41, 5.74) is 1.36. The van der Waals surface area contributed by atoms with E-state index in [9.17, 15) is 0 Å². The Hall–Kier alpha value is -1.02. The van der Waals surface area contributed by atoms with E-state index in [2.05, 4.69) is 50.4 Å². The Labute approximate surface area is 131 Å². The van der Waals surface area contributed by atoms with Crippen LogP contribution >= 0.6 is 0 Å². The average Bonchev–Trinajstić information content (AvgIpc) is 2.52. The Balaban J connectivity index is 2.37. The Kier molecular flexibility index (Phi) is 9.16. The number of nitrogens with one attached hydrogen (secondary N) is 1. The van der Waals surface area contributed by atoms with Crippen molar-refractivity contribution in [2.75, 3.05) is 7.11 Å². The molecule has 21 heavy (non-hydrogen) atoms. The number of ether oxygens (including phenoxy) is 1. The van der Waals surface area contributed by atoms with Gasteiger partial charge in [0.05, 0.1) is 7.11 Å². The predicted octanol–water partition coefficient (Wildman–Crippen LogP) is 5.48. The third kappa shape index (κ3) is 6.99. The summed E-state index contributed by atoms with van der Waals surface area (Å²) in [5, 5.41) is 3.77. The van der Waals surface area contributed by atoms with Crippen LogP contribution in [0.15, 0.2) is 24.3 Å². The van der Waals surface area contributed by atoms with Crippen molar-refractivity contribution in [1.29, 1.82) is 0 Å². The van der Waals surface area contributed by atoms with Crippen molar-refractivity contribution >= 4 is 0 Å². The Morgan fingerprint density at radius 1 is 1.00 bits per heavy atom. The lowest BCUT2D eigenvalue weighted by Crippen LogP contribution is -2.30. The number of unbranched alkanes of at least 4 members (excludes halogenated alkanes) is 4. The summed E-state index contributed by atoms with van der Waals surface area (Å²) < 4.78 is 5.23. The van der Waals surface area contributed by atoms with E-state index in [1.807, 2.05) is 0 Å². The highest BCUT2D eigenvalue weighted by Crippen LogP contribution is 2.21. The molecule has 2 nitrogen and oxygen atoms in total. The highest BCUT2D eigenvalue weighted by molar-refractivity contribution is 5.29. The molecule has 0 aromatic heterocycles. The van der Waals surface area contributed by atoms with E-state index in [-0.39, 0.29) is 0 Å². The summed E-state index contributed by atoms with van der Waals surface area (Å²) in [6.45, 7) is 6.83. The van der Waals surface area contributed by atoms with Crippen molar-refractivity contribution in [3.63, 3.8) is 0 Å². The number of benzene rings is 1. The topological polar surface area (TPSA) is 21.3 Å². The molecule has 0 fully saturated rings. The average molecular weight is 291 g/mol. The molecule has 0 aliphatic carbocycles. The van der Waals surface area contributed by atoms with Gasteiger partial charge in [-0.15, -0.1) is 0 Å². The minimum Gasteiger partial charge on any atom is -0.497 e. The summed E-state index contributed by atoms with van der Waals surface area (Å²) in [6, 6.07) is 9.48. The molecule has 0 bridgehead atoms. The molecule has 0 heterocycles. The summed E-state index contributed by atoms with van der Waals surface area (Å²) >= 11 is 0. The summed E-state index contributed by atoms with van der Waals surface area (Å²) in [7, 11) is 1.71. The molecule has 1 aromatic rings. The second-order valence-corrected chi connectivity index (χ2v) is 6.00. The fourth-order valence-electron chi connectivity index (χ4n) is 2.77. The quantitative estimate of drug-likeness (QED) is 0.545. The molecule has 0 spiro atoms. The molecule has 120 valence electrons. The number of hydrogen-bond donors (Lipinski definition) is 1. The van der Waals surface area contributed by atoms with Gasteiger partial charge in [0.25, 0.3) is 0 Å². The second-order valence-electron chi connectivity index (χ2n) is 6.00. The van der Waals surface area contributed by atoms with Crippen LogP contribution in [0.5, 0.6) is 5.75 Å². The number of hydrogen-bond acceptors (Lipinski definition) is 2. The smallest absolute Gasteiger partial charge is 0.118 e. The van der Waals surface area contributed by atoms with E-state index in [0.717, 1.165) is 12.2 Å². The number of rotatable bonds is 11. The van der Waals surface area contributed by atoms with Crippen molar-refractivity contribution < 1.29 is 4.74 Å². The molecule has 2 unspecified atom stereocenters. The normalized spacial score (nSPS) is 13.9. The highest BCUT2D eigenvalue weighted by Gasteiger charge is 2.12. The molecule has 0 aliphatic heterocycles. The molecule has 1 N–H and O–H groups in total. The van der Waals surface area contributed by atoms with E-state index in [1.165, 1.54) is 44.1 Å². The zero-order valence-corrected chi connectivity index (χ0v) is 14.3. The van der Waals surface area contributed by atoms with Gasteiger partial charge in [0.2, 0.25) is 0 Å². The van der Waals surface area contributed by atoms with Gasteiger partial charge < -0.3 is 10.1 Å². The summed E-state index contributed by atoms with van der Waals surface area (Å²) in [4.78, 5) is 0. The first-order valence-corrected chi connectivity index (χ1v) is 8.61. The number of methoxy groups -OCH3 is 1. The molecule has 0 amide bonds. The first-order valence-electron chi connectivity index (χ1n) is 8.61.